The van der Waals surface area contributed by atoms with Crippen LogP contribution in [0.3, 0.4) is 0 Å². The summed E-state index contributed by atoms with van der Waals surface area (Å²) in [5.74, 6) is 0. The van der Waals surface area contributed by atoms with Gasteiger partial charge in [-0.3, -0.25) is 0 Å². The second-order valence-corrected chi connectivity index (χ2v) is 7.27. The van der Waals surface area contributed by atoms with E-state index >= 15 is 0 Å². The fourth-order valence-corrected chi connectivity index (χ4v) is 2.88. The van der Waals surface area contributed by atoms with Crippen molar-refractivity contribution in [3.63, 3.8) is 0 Å². The van der Waals surface area contributed by atoms with Crippen molar-refractivity contribution in [2.45, 2.75) is 17.9 Å². The van der Waals surface area contributed by atoms with E-state index in [0.717, 1.165) is 10.7 Å². The van der Waals surface area contributed by atoms with E-state index in [4.69, 9.17) is 4.74 Å². The average Bonchev–Trinajstić information content (AvgIpc) is 2.86. The first-order valence-electron chi connectivity index (χ1n) is 5.83. The second kappa shape index (κ2) is 5.86. The number of benzene rings is 1. The van der Waals surface area contributed by atoms with Crippen LogP contribution in [0.25, 0.3) is 0 Å². The highest BCUT2D eigenvalue weighted by Gasteiger charge is 2.11. The molecule has 1 unspecified atom stereocenters. The Morgan fingerprint density at radius 2 is 1.90 bits per heavy atom. The SMILES string of the molecule is COC(C)c1nnc(Nc2ccc(S(C)(=O)=O)cc2)s1. The molecule has 6 nitrogen and oxygen atoms in total. The van der Waals surface area contributed by atoms with Gasteiger partial charge in [-0.1, -0.05) is 11.3 Å². The van der Waals surface area contributed by atoms with Gasteiger partial charge < -0.3 is 10.1 Å². The van der Waals surface area contributed by atoms with Crippen LogP contribution in [-0.2, 0) is 14.6 Å². The summed E-state index contributed by atoms with van der Waals surface area (Å²) in [5, 5.41) is 12.5. The number of hydrogen-bond acceptors (Lipinski definition) is 7. The van der Waals surface area contributed by atoms with Crippen LogP contribution in [0.15, 0.2) is 29.2 Å². The smallest absolute Gasteiger partial charge is 0.210 e. The van der Waals surface area contributed by atoms with Crippen LogP contribution in [0.1, 0.15) is 18.0 Å². The van der Waals surface area contributed by atoms with E-state index in [2.05, 4.69) is 15.5 Å². The Hall–Kier alpha value is -1.51. The number of nitrogens with zero attached hydrogens (tertiary/aromatic N) is 2. The van der Waals surface area contributed by atoms with E-state index in [1.54, 1.807) is 31.4 Å². The normalized spacial score (nSPS) is 13.2. The van der Waals surface area contributed by atoms with Gasteiger partial charge in [0.25, 0.3) is 0 Å². The summed E-state index contributed by atoms with van der Waals surface area (Å²) in [4.78, 5) is 0.286. The van der Waals surface area contributed by atoms with Crippen molar-refractivity contribution >= 4 is 32.0 Å². The Labute approximate surface area is 121 Å². The van der Waals surface area contributed by atoms with Crippen molar-refractivity contribution < 1.29 is 13.2 Å². The van der Waals surface area contributed by atoms with Crippen LogP contribution in [0.4, 0.5) is 10.8 Å². The van der Waals surface area contributed by atoms with Crippen LogP contribution < -0.4 is 5.32 Å². The lowest BCUT2D eigenvalue weighted by Crippen LogP contribution is -1.97. The van der Waals surface area contributed by atoms with Gasteiger partial charge in [0.1, 0.15) is 11.1 Å². The topological polar surface area (TPSA) is 81.2 Å². The molecule has 0 aliphatic carbocycles. The van der Waals surface area contributed by atoms with E-state index < -0.39 is 9.84 Å². The molecule has 1 aromatic carbocycles. The van der Waals surface area contributed by atoms with Crippen LogP contribution in [-0.4, -0.2) is 32.0 Å². The lowest BCUT2D eigenvalue weighted by Gasteiger charge is -2.04. The third-order valence-corrected chi connectivity index (χ3v) is 4.80. The molecule has 8 heteroatoms. The molecule has 0 fully saturated rings. The molecule has 0 spiro atoms. The first-order chi connectivity index (χ1) is 9.40. The molecule has 0 amide bonds. The predicted molar refractivity (Wildman–Crippen MR) is 78.2 cm³/mol. The monoisotopic (exact) mass is 313 g/mol. The lowest BCUT2D eigenvalue weighted by molar-refractivity contribution is 0.118. The molecule has 1 aromatic heterocycles. The molecule has 2 rings (SSSR count). The van der Waals surface area contributed by atoms with E-state index in [0.29, 0.717) is 5.13 Å². The van der Waals surface area contributed by atoms with Gasteiger partial charge in [0.05, 0.1) is 4.90 Å². The Kier molecular flexibility index (Phi) is 4.36. The molecule has 0 saturated heterocycles. The van der Waals surface area contributed by atoms with Crippen molar-refractivity contribution in [3.8, 4) is 0 Å². The number of anilines is 2. The average molecular weight is 313 g/mol. The maximum atomic E-state index is 11.4. The minimum atomic E-state index is -3.17. The molecule has 0 aliphatic rings. The number of methoxy groups -OCH3 is 1. The van der Waals surface area contributed by atoms with Crippen LogP contribution >= 0.6 is 11.3 Å². The zero-order valence-electron chi connectivity index (χ0n) is 11.3. The molecular weight excluding hydrogens is 298 g/mol. The quantitative estimate of drug-likeness (QED) is 0.913. The van der Waals surface area contributed by atoms with Gasteiger partial charge in [-0.25, -0.2) is 8.42 Å². The number of rotatable bonds is 5. The van der Waals surface area contributed by atoms with Crippen molar-refractivity contribution in [2.75, 3.05) is 18.7 Å². The molecule has 0 saturated carbocycles. The summed E-state index contributed by atoms with van der Waals surface area (Å²) >= 11 is 1.39. The molecule has 2 aromatic rings. The summed E-state index contributed by atoms with van der Waals surface area (Å²) in [6.07, 6.45) is 1.08. The van der Waals surface area contributed by atoms with Gasteiger partial charge in [-0.15, -0.1) is 10.2 Å². The van der Waals surface area contributed by atoms with Crippen molar-refractivity contribution in [2.24, 2.45) is 0 Å². The number of hydrogen-bond donors (Lipinski definition) is 1. The van der Waals surface area contributed by atoms with Crippen molar-refractivity contribution in [1.82, 2.24) is 10.2 Å². The molecular formula is C12H15N3O3S2. The number of aromatic nitrogens is 2. The highest BCUT2D eigenvalue weighted by Crippen LogP contribution is 2.26. The zero-order valence-corrected chi connectivity index (χ0v) is 13.0. The summed E-state index contributed by atoms with van der Waals surface area (Å²) < 4.78 is 27.9. The first kappa shape index (κ1) is 14.9. The van der Waals surface area contributed by atoms with E-state index in [9.17, 15) is 8.42 Å². The van der Waals surface area contributed by atoms with Gasteiger partial charge in [-0.05, 0) is 31.2 Å². The molecule has 0 radical (unpaired) electrons. The molecule has 1 heterocycles. The summed E-state index contributed by atoms with van der Waals surface area (Å²) in [5.41, 5.74) is 0.755. The third-order valence-electron chi connectivity index (χ3n) is 2.68. The van der Waals surface area contributed by atoms with Crippen LogP contribution in [0.2, 0.25) is 0 Å². The molecule has 108 valence electrons. The van der Waals surface area contributed by atoms with Gasteiger partial charge in [-0.2, -0.15) is 0 Å². The lowest BCUT2D eigenvalue weighted by atomic mass is 10.3. The van der Waals surface area contributed by atoms with Gasteiger partial charge in [0.2, 0.25) is 5.13 Å². The second-order valence-electron chi connectivity index (χ2n) is 4.24. The molecule has 1 N–H and O–H groups in total. The van der Waals surface area contributed by atoms with E-state index in [-0.39, 0.29) is 11.0 Å². The number of sulfone groups is 1. The third kappa shape index (κ3) is 3.53. The van der Waals surface area contributed by atoms with Gasteiger partial charge in [0, 0.05) is 19.1 Å². The van der Waals surface area contributed by atoms with Crippen LogP contribution in [0, 0.1) is 0 Å². The maximum Gasteiger partial charge on any atom is 0.210 e. The molecule has 0 aliphatic heterocycles. The largest absolute Gasteiger partial charge is 0.374 e. The minimum Gasteiger partial charge on any atom is -0.374 e. The molecule has 20 heavy (non-hydrogen) atoms. The van der Waals surface area contributed by atoms with Crippen molar-refractivity contribution in [3.05, 3.63) is 29.3 Å². The number of nitrogens with one attached hydrogen (secondary N) is 1. The zero-order chi connectivity index (χ0) is 14.8. The highest BCUT2D eigenvalue weighted by atomic mass is 32.2. The Balaban J connectivity index is 2.12. The Morgan fingerprint density at radius 3 is 2.45 bits per heavy atom. The minimum absolute atomic E-state index is 0.101. The molecule has 1 atom stereocenters. The number of ether oxygens (including phenoxy) is 1. The van der Waals surface area contributed by atoms with Gasteiger partial charge in [0.15, 0.2) is 9.84 Å². The fraction of sp³-hybridized carbons (Fsp3) is 0.333. The van der Waals surface area contributed by atoms with E-state index in [1.807, 2.05) is 6.92 Å². The molecule has 0 bridgehead atoms. The Morgan fingerprint density at radius 1 is 1.25 bits per heavy atom. The van der Waals surface area contributed by atoms with Crippen molar-refractivity contribution in [1.29, 1.82) is 0 Å². The fourth-order valence-electron chi connectivity index (χ4n) is 1.46. The Bertz CT molecular complexity index is 680. The van der Waals surface area contributed by atoms with Crippen LogP contribution in [0.5, 0.6) is 0 Å². The highest BCUT2D eigenvalue weighted by molar-refractivity contribution is 7.90. The summed E-state index contributed by atoms with van der Waals surface area (Å²) in [6, 6.07) is 6.49. The summed E-state index contributed by atoms with van der Waals surface area (Å²) in [7, 11) is -1.56. The summed E-state index contributed by atoms with van der Waals surface area (Å²) in [6.45, 7) is 1.89. The van der Waals surface area contributed by atoms with E-state index in [1.165, 1.54) is 17.6 Å². The predicted octanol–water partition coefficient (Wildman–Crippen LogP) is 2.39. The maximum absolute atomic E-state index is 11.4. The first-order valence-corrected chi connectivity index (χ1v) is 8.54. The van der Waals surface area contributed by atoms with Gasteiger partial charge >= 0.3 is 0 Å². The standard InChI is InChI=1S/C12H15N3O3S2/c1-8(18-2)11-14-15-12(19-11)13-9-4-6-10(7-5-9)20(3,16)17/h4-8H,1-3H3,(H,13,15).